The van der Waals surface area contributed by atoms with Crippen molar-refractivity contribution < 1.29 is 18.0 Å². The molecule has 0 heterocycles. The Morgan fingerprint density at radius 2 is 1.77 bits per heavy atom. The van der Waals surface area contributed by atoms with Crippen molar-refractivity contribution in [2.75, 3.05) is 17.1 Å². The highest BCUT2D eigenvalue weighted by molar-refractivity contribution is 7.92. The normalized spacial score (nSPS) is 15.0. The Bertz CT molecular complexity index is 1250. The van der Waals surface area contributed by atoms with Crippen LogP contribution in [-0.4, -0.2) is 50.0 Å². The van der Waals surface area contributed by atoms with Crippen LogP contribution in [0.25, 0.3) is 0 Å². The molecule has 10 heteroatoms. The van der Waals surface area contributed by atoms with Gasteiger partial charge in [-0.25, -0.2) is 8.42 Å². The van der Waals surface area contributed by atoms with Crippen LogP contribution in [0.3, 0.4) is 0 Å². The Morgan fingerprint density at radius 1 is 1.08 bits per heavy atom. The summed E-state index contributed by atoms with van der Waals surface area (Å²) in [6.07, 6.45) is 7.20. The molecule has 0 spiro atoms. The molecule has 0 unspecified atom stereocenters. The Balaban J connectivity index is 1.79. The molecule has 2 aromatic carbocycles. The van der Waals surface area contributed by atoms with Gasteiger partial charge in [-0.15, -0.1) is 0 Å². The van der Waals surface area contributed by atoms with Crippen LogP contribution in [0.1, 0.15) is 69.4 Å². The van der Waals surface area contributed by atoms with Crippen molar-refractivity contribution in [1.29, 1.82) is 0 Å². The fourth-order valence-electron chi connectivity index (χ4n) is 5.09. The Morgan fingerprint density at radius 3 is 2.41 bits per heavy atom. The minimum atomic E-state index is -3.68. The van der Waals surface area contributed by atoms with Gasteiger partial charge in [0, 0.05) is 30.6 Å². The monoisotopic (exact) mass is 595 g/mol. The molecule has 39 heavy (non-hydrogen) atoms. The number of hydrogen-bond acceptors (Lipinski definition) is 4. The number of hydrogen-bond donors (Lipinski definition) is 1. The average molecular weight is 597 g/mol. The molecule has 3 rings (SSSR count). The number of halogens is 2. The first kappa shape index (κ1) is 31.2. The smallest absolute Gasteiger partial charge is 0.243 e. The Hall–Kier alpha value is -2.29. The lowest BCUT2D eigenvalue weighted by atomic mass is 9.95. The summed E-state index contributed by atoms with van der Waals surface area (Å²) in [6, 6.07) is 12.0. The van der Waals surface area contributed by atoms with Gasteiger partial charge in [0.1, 0.15) is 6.04 Å². The number of aryl methyl sites for hydroxylation is 1. The van der Waals surface area contributed by atoms with Crippen molar-refractivity contribution in [3.8, 4) is 0 Å². The van der Waals surface area contributed by atoms with Gasteiger partial charge in [-0.3, -0.25) is 13.9 Å². The van der Waals surface area contributed by atoms with Gasteiger partial charge in [0.2, 0.25) is 21.8 Å². The van der Waals surface area contributed by atoms with Crippen molar-refractivity contribution in [3.63, 3.8) is 0 Å². The summed E-state index contributed by atoms with van der Waals surface area (Å²) in [5.41, 5.74) is 2.28. The van der Waals surface area contributed by atoms with Gasteiger partial charge in [0.05, 0.1) is 17.0 Å². The van der Waals surface area contributed by atoms with E-state index in [0.29, 0.717) is 18.0 Å². The molecule has 214 valence electrons. The topological polar surface area (TPSA) is 86.8 Å². The van der Waals surface area contributed by atoms with Crippen LogP contribution in [0, 0.1) is 6.92 Å². The van der Waals surface area contributed by atoms with Crippen molar-refractivity contribution in [3.05, 3.63) is 63.6 Å². The van der Waals surface area contributed by atoms with Gasteiger partial charge >= 0.3 is 0 Å². The lowest BCUT2D eigenvalue weighted by Crippen LogP contribution is -2.51. The van der Waals surface area contributed by atoms with E-state index in [4.69, 9.17) is 23.2 Å². The number of anilines is 1. The number of benzene rings is 2. The number of carbonyl (C=O) groups is 2. The van der Waals surface area contributed by atoms with E-state index < -0.39 is 16.1 Å². The standard InChI is InChI=1S/C29H39Cl2N3O4S/c1-4-26(29(36)32-24-13-6-5-7-14-24)33(20-22-12-9-8-11-21(22)2)28(35)15-10-18-34(39(3,37)38)27-19-23(30)16-17-25(27)31/h8-9,11-12,16-17,19,24,26H,4-7,10,13-15,18,20H2,1-3H3,(H,32,36)/t26-/m0/s1. The van der Waals surface area contributed by atoms with Crippen LogP contribution < -0.4 is 9.62 Å². The first-order valence-corrected chi connectivity index (χ1v) is 16.2. The van der Waals surface area contributed by atoms with E-state index in [1.807, 2.05) is 38.1 Å². The van der Waals surface area contributed by atoms with Gasteiger partial charge in [-0.05, 0) is 61.9 Å². The van der Waals surface area contributed by atoms with Gasteiger partial charge in [-0.2, -0.15) is 0 Å². The highest BCUT2D eigenvalue weighted by atomic mass is 35.5. The maximum atomic E-state index is 13.7. The predicted octanol–water partition coefficient (Wildman–Crippen LogP) is 6.10. The van der Waals surface area contributed by atoms with Gasteiger partial charge in [-0.1, -0.05) is 73.7 Å². The van der Waals surface area contributed by atoms with Crippen LogP contribution in [0.2, 0.25) is 10.0 Å². The number of nitrogens with zero attached hydrogens (tertiary/aromatic N) is 2. The van der Waals surface area contributed by atoms with E-state index in [2.05, 4.69) is 5.32 Å². The summed E-state index contributed by atoms with van der Waals surface area (Å²) in [4.78, 5) is 28.7. The van der Waals surface area contributed by atoms with E-state index in [1.54, 1.807) is 17.0 Å². The fourth-order valence-corrected chi connectivity index (χ4v) is 6.50. The molecule has 0 saturated heterocycles. The van der Waals surface area contributed by atoms with Gasteiger partial charge in [0.15, 0.2) is 0 Å². The number of sulfonamides is 1. The molecule has 2 aromatic rings. The van der Waals surface area contributed by atoms with Crippen LogP contribution in [0.15, 0.2) is 42.5 Å². The zero-order valence-corrected chi connectivity index (χ0v) is 25.3. The minimum absolute atomic E-state index is 0.0495. The summed E-state index contributed by atoms with van der Waals surface area (Å²) >= 11 is 12.4. The van der Waals surface area contributed by atoms with Crippen LogP contribution in [0.4, 0.5) is 5.69 Å². The number of nitrogens with one attached hydrogen (secondary N) is 1. The first-order chi connectivity index (χ1) is 18.5. The van der Waals surface area contributed by atoms with Crippen LogP contribution in [-0.2, 0) is 26.2 Å². The molecule has 1 atom stereocenters. The summed E-state index contributed by atoms with van der Waals surface area (Å²) in [5.74, 6) is -0.329. The second-order valence-electron chi connectivity index (χ2n) is 10.3. The van der Waals surface area contributed by atoms with Crippen molar-refractivity contribution in [2.24, 2.45) is 0 Å². The van der Waals surface area contributed by atoms with Crippen LogP contribution >= 0.6 is 23.2 Å². The van der Waals surface area contributed by atoms with E-state index >= 15 is 0 Å². The van der Waals surface area contributed by atoms with Gasteiger partial charge in [0.25, 0.3) is 0 Å². The highest BCUT2D eigenvalue weighted by Crippen LogP contribution is 2.31. The minimum Gasteiger partial charge on any atom is -0.352 e. The SMILES string of the molecule is CC[C@@H](C(=O)NC1CCCCC1)N(Cc1ccccc1C)C(=O)CCCN(c1cc(Cl)ccc1Cl)S(C)(=O)=O. The zero-order valence-electron chi connectivity index (χ0n) is 23.0. The third-order valence-electron chi connectivity index (χ3n) is 7.27. The third kappa shape index (κ3) is 8.85. The lowest BCUT2D eigenvalue weighted by Gasteiger charge is -2.33. The number of rotatable bonds is 12. The highest BCUT2D eigenvalue weighted by Gasteiger charge is 2.31. The Kier molecular flexibility index (Phi) is 11.5. The summed E-state index contributed by atoms with van der Waals surface area (Å²) < 4.78 is 26.4. The predicted molar refractivity (Wildman–Crippen MR) is 159 cm³/mol. The summed E-state index contributed by atoms with van der Waals surface area (Å²) in [7, 11) is -3.68. The van der Waals surface area contributed by atoms with Crippen molar-refractivity contribution in [1.82, 2.24) is 10.2 Å². The molecular weight excluding hydrogens is 557 g/mol. The second-order valence-corrected chi connectivity index (χ2v) is 13.0. The summed E-state index contributed by atoms with van der Waals surface area (Å²) in [6.45, 7) is 4.25. The molecule has 1 N–H and O–H groups in total. The average Bonchev–Trinajstić information content (AvgIpc) is 2.89. The maximum absolute atomic E-state index is 13.7. The number of carbonyl (C=O) groups excluding carboxylic acids is 2. The quantitative estimate of drug-likeness (QED) is 0.321. The molecule has 0 aromatic heterocycles. The molecule has 1 saturated carbocycles. The van der Waals surface area contributed by atoms with E-state index in [-0.39, 0.29) is 48.0 Å². The lowest BCUT2D eigenvalue weighted by molar-refractivity contribution is -0.141. The number of amides is 2. The second kappa shape index (κ2) is 14.4. The molecule has 7 nitrogen and oxygen atoms in total. The van der Waals surface area contributed by atoms with Crippen molar-refractivity contribution >= 4 is 50.7 Å². The maximum Gasteiger partial charge on any atom is 0.243 e. The molecule has 0 radical (unpaired) electrons. The first-order valence-electron chi connectivity index (χ1n) is 13.6. The van der Waals surface area contributed by atoms with Gasteiger partial charge < -0.3 is 10.2 Å². The Labute approximate surface area is 242 Å². The molecular formula is C29H39Cl2N3O4S. The summed E-state index contributed by atoms with van der Waals surface area (Å²) in [5, 5.41) is 3.80. The largest absolute Gasteiger partial charge is 0.352 e. The van der Waals surface area contributed by atoms with E-state index in [9.17, 15) is 18.0 Å². The van der Waals surface area contributed by atoms with Crippen molar-refractivity contribution in [2.45, 2.75) is 83.8 Å². The molecule has 2 amide bonds. The third-order valence-corrected chi connectivity index (χ3v) is 9.00. The van der Waals surface area contributed by atoms with E-state index in [1.165, 1.54) is 16.8 Å². The molecule has 1 fully saturated rings. The molecule has 1 aliphatic rings. The molecule has 0 bridgehead atoms. The molecule has 0 aliphatic heterocycles. The fraction of sp³-hybridized carbons (Fsp3) is 0.517. The van der Waals surface area contributed by atoms with Crippen LogP contribution in [0.5, 0.6) is 0 Å². The molecule has 1 aliphatic carbocycles. The van der Waals surface area contributed by atoms with E-state index in [0.717, 1.165) is 43.1 Å². The zero-order chi connectivity index (χ0) is 28.6.